The monoisotopic (exact) mass is 421 g/mol. The molecule has 1 unspecified atom stereocenters. The lowest BCUT2D eigenvalue weighted by atomic mass is 9.87. The van der Waals surface area contributed by atoms with E-state index in [1.165, 1.54) is 11.1 Å². The van der Waals surface area contributed by atoms with Gasteiger partial charge in [-0.2, -0.15) is 0 Å². The maximum Gasteiger partial charge on any atom is 0.251 e. The Morgan fingerprint density at radius 1 is 1.14 bits per heavy atom. The minimum absolute atomic E-state index is 0. The number of carbonyl (C=O) groups is 2. The van der Waals surface area contributed by atoms with Crippen LogP contribution in [0.15, 0.2) is 42.5 Å². The van der Waals surface area contributed by atoms with Crippen molar-refractivity contribution in [2.24, 2.45) is 0 Å². The summed E-state index contributed by atoms with van der Waals surface area (Å²) in [5.41, 5.74) is 9.56. The van der Waals surface area contributed by atoms with Gasteiger partial charge in [-0.1, -0.05) is 17.7 Å². The predicted octanol–water partition coefficient (Wildman–Crippen LogP) is 4.05. The Hall–Kier alpha value is -2.24. The van der Waals surface area contributed by atoms with Crippen LogP contribution in [0.1, 0.15) is 53.2 Å². The Morgan fingerprint density at radius 3 is 2.64 bits per heavy atom. The molecule has 0 radical (unpaired) electrons. The summed E-state index contributed by atoms with van der Waals surface area (Å²) in [5.74, 6) is -0.156. The van der Waals surface area contributed by atoms with Gasteiger partial charge in [0.05, 0.1) is 6.04 Å². The number of fused-ring (bicyclic) bond motifs is 1. The Labute approximate surface area is 176 Å². The van der Waals surface area contributed by atoms with Gasteiger partial charge in [0, 0.05) is 29.2 Å². The highest BCUT2D eigenvalue weighted by Crippen LogP contribution is 2.31. The van der Waals surface area contributed by atoms with E-state index in [4.69, 9.17) is 17.3 Å². The van der Waals surface area contributed by atoms with Gasteiger partial charge >= 0.3 is 0 Å². The first-order chi connectivity index (χ1) is 13.0. The molecule has 1 aliphatic carbocycles. The second-order valence-electron chi connectivity index (χ2n) is 6.84. The highest BCUT2D eigenvalue weighted by Gasteiger charge is 2.21. The quantitative estimate of drug-likeness (QED) is 0.485. The number of amides is 2. The standard InChI is InChI=1S/C21H24ClN3O2.ClH/c22-16-8-6-14(7-9-16)21(27)24-12-2-5-20(26)25-19-4-1-3-15-13-17(23)10-11-18(15)19;/h6-11,13,19H,1-5,12,23H2,(H,24,27)(H,25,26);1H. The molecule has 28 heavy (non-hydrogen) atoms. The number of rotatable bonds is 6. The Bertz CT molecular complexity index is 825. The summed E-state index contributed by atoms with van der Waals surface area (Å²) in [6.45, 7) is 0.451. The van der Waals surface area contributed by atoms with Gasteiger partial charge in [0.25, 0.3) is 5.91 Å². The lowest BCUT2D eigenvalue weighted by molar-refractivity contribution is -0.122. The van der Waals surface area contributed by atoms with E-state index in [0.717, 1.165) is 24.9 Å². The van der Waals surface area contributed by atoms with Crippen molar-refractivity contribution in [2.75, 3.05) is 12.3 Å². The number of nitrogens with two attached hydrogens (primary N) is 1. The van der Waals surface area contributed by atoms with Gasteiger partial charge in [0.2, 0.25) is 5.91 Å². The summed E-state index contributed by atoms with van der Waals surface area (Å²) >= 11 is 5.81. The molecule has 150 valence electrons. The van der Waals surface area contributed by atoms with Crippen LogP contribution in [0.2, 0.25) is 5.02 Å². The largest absolute Gasteiger partial charge is 0.399 e. The van der Waals surface area contributed by atoms with Crippen molar-refractivity contribution in [3.63, 3.8) is 0 Å². The van der Waals surface area contributed by atoms with E-state index in [2.05, 4.69) is 10.6 Å². The number of hydrogen-bond acceptors (Lipinski definition) is 3. The molecule has 0 aliphatic heterocycles. The number of aryl methyl sites for hydroxylation is 1. The van der Waals surface area contributed by atoms with Crippen LogP contribution in [0.4, 0.5) is 5.69 Å². The van der Waals surface area contributed by atoms with Crippen LogP contribution in [0.3, 0.4) is 0 Å². The summed E-state index contributed by atoms with van der Waals surface area (Å²) < 4.78 is 0. The molecule has 0 spiro atoms. The van der Waals surface area contributed by atoms with E-state index in [9.17, 15) is 9.59 Å². The molecular formula is C21H25Cl2N3O2. The molecule has 2 amide bonds. The lowest BCUT2D eigenvalue weighted by Crippen LogP contribution is -2.32. The minimum atomic E-state index is -0.161. The molecule has 0 saturated carbocycles. The number of halogens is 2. The molecule has 0 bridgehead atoms. The Balaban J connectivity index is 0.00000280. The third-order valence-electron chi connectivity index (χ3n) is 4.79. The Morgan fingerprint density at radius 2 is 1.89 bits per heavy atom. The number of carbonyl (C=O) groups excluding carboxylic acids is 2. The number of nitrogens with one attached hydrogen (secondary N) is 2. The van der Waals surface area contributed by atoms with E-state index in [1.807, 2.05) is 18.2 Å². The summed E-state index contributed by atoms with van der Waals surface area (Å²) in [5, 5.41) is 6.53. The van der Waals surface area contributed by atoms with E-state index >= 15 is 0 Å². The fourth-order valence-corrected chi connectivity index (χ4v) is 3.53. The molecule has 2 aromatic rings. The fraction of sp³-hybridized carbons (Fsp3) is 0.333. The van der Waals surface area contributed by atoms with Crippen molar-refractivity contribution >= 4 is 41.5 Å². The van der Waals surface area contributed by atoms with E-state index < -0.39 is 0 Å². The Kier molecular flexibility index (Phi) is 8.15. The lowest BCUT2D eigenvalue weighted by Gasteiger charge is -2.26. The van der Waals surface area contributed by atoms with Crippen molar-refractivity contribution in [1.82, 2.24) is 10.6 Å². The first-order valence-electron chi connectivity index (χ1n) is 9.24. The molecule has 2 aromatic carbocycles. The molecule has 0 heterocycles. The molecular weight excluding hydrogens is 397 g/mol. The second kappa shape index (κ2) is 10.3. The van der Waals surface area contributed by atoms with E-state index in [-0.39, 0.29) is 30.3 Å². The maximum absolute atomic E-state index is 12.3. The van der Waals surface area contributed by atoms with Gasteiger partial charge in [-0.15, -0.1) is 12.4 Å². The highest BCUT2D eigenvalue weighted by molar-refractivity contribution is 6.30. The minimum Gasteiger partial charge on any atom is -0.399 e. The normalized spacial score (nSPS) is 15.1. The topological polar surface area (TPSA) is 84.2 Å². The first-order valence-corrected chi connectivity index (χ1v) is 9.62. The van der Waals surface area contributed by atoms with E-state index in [1.54, 1.807) is 24.3 Å². The SMILES string of the molecule is Cl.Nc1ccc2c(c1)CCCC2NC(=O)CCCNC(=O)c1ccc(Cl)cc1. The summed E-state index contributed by atoms with van der Waals surface area (Å²) in [7, 11) is 0. The van der Waals surface area contributed by atoms with E-state index in [0.29, 0.717) is 30.0 Å². The summed E-state index contributed by atoms with van der Waals surface area (Å²) in [4.78, 5) is 24.3. The molecule has 3 rings (SSSR count). The molecule has 7 heteroatoms. The van der Waals surface area contributed by atoms with Gasteiger partial charge in [0.15, 0.2) is 0 Å². The summed E-state index contributed by atoms with van der Waals surface area (Å²) in [6, 6.07) is 12.7. The van der Waals surface area contributed by atoms with Crippen molar-refractivity contribution < 1.29 is 9.59 Å². The van der Waals surface area contributed by atoms with Crippen LogP contribution >= 0.6 is 24.0 Å². The van der Waals surface area contributed by atoms with Crippen LogP contribution < -0.4 is 16.4 Å². The molecule has 0 aromatic heterocycles. The molecule has 0 fully saturated rings. The van der Waals surface area contributed by atoms with Crippen LogP contribution in [0, 0.1) is 0 Å². The molecule has 4 N–H and O–H groups in total. The average molecular weight is 422 g/mol. The van der Waals surface area contributed by atoms with Gasteiger partial charge < -0.3 is 16.4 Å². The summed E-state index contributed by atoms with van der Waals surface area (Å²) in [6.07, 6.45) is 3.95. The fourth-order valence-electron chi connectivity index (χ4n) is 3.40. The number of benzene rings is 2. The van der Waals surface area contributed by atoms with Crippen LogP contribution in [-0.2, 0) is 11.2 Å². The average Bonchev–Trinajstić information content (AvgIpc) is 2.65. The number of anilines is 1. The van der Waals surface area contributed by atoms with Crippen molar-refractivity contribution in [3.05, 3.63) is 64.2 Å². The smallest absolute Gasteiger partial charge is 0.251 e. The molecule has 0 saturated heterocycles. The third kappa shape index (κ3) is 5.88. The molecule has 1 atom stereocenters. The highest BCUT2D eigenvalue weighted by atomic mass is 35.5. The number of hydrogen-bond donors (Lipinski definition) is 3. The zero-order valence-corrected chi connectivity index (χ0v) is 17.1. The first kappa shape index (κ1) is 22.1. The van der Waals surface area contributed by atoms with Crippen LogP contribution in [0.5, 0.6) is 0 Å². The number of nitrogen functional groups attached to an aromatic ring is 1. The van der Waals surface area contributed by atoms with Crippen LogP contribution in [0.25, 0.3) is 0 Å². The van der Waals surface area contributed by atoms with Crippen LogP contribution in [-0.4, -0.2) is 18.4 Å². The van der Waals surface area contributed by atoms with Gasteiger partial charge in [-0.05, 0) is 73.2 Å². The van der Waals surface area contributed by atoms with Crippen molar-refractivity contribution in [1.29, 1.82) is 0 Å². The molecule has 1 aliphatic rings. The third-order valence-corrected chi connectivity index (χ3v) is 5.04. The van der Waals surface area contributed by atoms with Crippen molar-refractivity contribution in [2.45, 2.75) is 38.1 Å². The second-order valence-corrected chi connectivity index (χ2v) is 7.27. The van der Waals surface area contributed by atoms with Gasteiger partial charge in [0.1, 0.15) is 0 Å². The van der Waals surface area contributed by atoms with Gasteiger partial charge in [-0.3, -0.25) is 9.59 Å². The molecule has 5 nitrogen and oxygen atoms in total. The zero-order chi connectivity index (χ0) is 19.2. The maximum atomic E-state index is 12.3. The zero-order valence-electron chi connectivity index (χ0n) is 15.5. The van der Waals surface area contributed by atoms with Crippen molar-refractivity contribution in [3.8, 4) is 0 Å². The predicted molar refractivity (Wildman–Crippen MR) is 115 cm³/mol. The van der Waals surface area contributed by atoms with Gasteiger partial charge in [-0.25, -0.2) is 0 Å².